The topological polar surface area (TPSA) is 50.2 Å². The smallest absolute Gasteiger partial charge is 0.340 e. The van der Waals surface area contributed by atoms with E-state index in [1.165, 1.54) is 22.6 Å². The Labute approximate surface area is 90.1 Å². The third-order valence-corrected chi connectivity index (χ3v) is 1.94. The van der Waals surface area contributed by atoms with Crippen LogP contribution in [0.2, 0.25) is 0 Å². The summed E-state index contributed by atoms with van der Waals surface area (Å²) < 4.78 is 37.5. The first kappa shape index (κ1) is 11.2. The van der Waals surface area contributed by atoms with Crippen LogP contribution < -0.4 is 0 Å². The number of aromatic nitrogens is 1. The molecule has 0 atom stereocenters. The molecule has 0 unspecified atom stereocenters. The third-order valence-electron chi connectivity index (χ3n) is 1.39. The van der Waals surface area contributed by atoms with Crippen LogP contribution in [0.5, 0.6) is 0 Å². The molecule has 14 heavy (non-hydrogen) atoms. The number of carboxylic acid groups (broad SMARTS) is 1. The zero-order valence-corrected chi connectivity index (χ0v) is 8.63. The number of alkyl halides is 2. The monoisotopic (exact) mass is 317 g/mol. The number of hydrogen-bond acceptors (Lipinski definition) is 2. The van der Waals surface area contributed by atoms with Crippen molar-refractivity contribution in [2.45, 2.75) is 6.43 Å². The Hall–Kier alpha value is -0.860. The molecule has 0 aliphatic rings. The fourth-order valence-corrected chi connectivity index (χ4v) is 1.41. The van der Waals surface area contributed by atoms with Crippen LogP contribution in [0.15, 0.2) is 6.07 Å². The molecule has 7 heteroatoms. The molecule has 0 fully saturated rings. The molecule has 0 radical (unpaired) electrons. The SMILES string of the molecule is O=C(O)c1c(F)cc(I)nc1C(F)F. The van der Waals surface area contributed by atoms with E-state index in [0.29, 0.717) is 0 Å². The summed E-state index contributed by atoms with van der Waals surface area (Å²) in [5.74, 6) is -2.95. The van der Waals surface area contributed by atoms with Crippen molar-refractivity contribution in [1.29, 1.82) is 0 Å². The molecule has 76 valence electrons. The molecule has 3 nitrogen and oxygen atoms in total. The normalized spacial score (nSPS) is 10.6. The average Bonchev–Trinajstić information content (AvgIpc) is 2.01. The second kappa shape index (κ2) is 4.11. The summed E-state index contributed by atoms with van der Waals surface area (Å²) in [6, 6.07) is 0.788. The summed E-state index contributed by atoms with van der Waals surface area (Å²) in [4.78, 5) is 13.7. The van der Waals surface area contributed by atoms with Gasteiger partial charge in [-0.1, -0.05) is 0 Å². The highest BCUT2D eigenvalue weighted by atomic mass is 127. The van der Waals surface area contributed by atoms with Gasteiger partial charge in [-0.25, -0.2) is 22.9 Å². The average molecular weight is 317 g/mol. The summed E-state index contributed by atoms with van der Waals surface area (Å²) in [5, 5.41) is 8.47. The van der Waals surface area contributed by atoms with Crippen LogP contribution >= 0.6 is 22.6 Å². The van der Waals surface area contributed by atoms with Crippen LogP contribution in [-0.2, 0) is 0 Å². The Morgan fingerprint density at radius 2 is 2.14 bits per heavy atom. The number of pyridine rings is 1. The summed E-state index contributed by atoms with van der Waals surface area (Å²) in [5.41, 5.74) is -2.11. The first-order chi connectivity index (χ1) is 6.43. The van der Waals surface area contributed by atoms with Crippen LogP contribution in [0, 0.1) is 9.52 Å². The number of nitrogens with zero attached hydrogens (tertiary/aromatic N) is 1. The van der Waals surface area contributed by atoms with Gasteiger partial charge < -0.3 is 5.11 Å². The van der Waals surface area contributed by atoms with Gasteiger partial charge in [-0.15, -0.1) is 0 Å². The van der Waals surface area contributed by atoms with Gasteiger partial charge in [-0.2, -0.15) is 0 Å². The van der Waals surface area contributed by atoms with Gasteiger partial charge in [-0.05, 0) is 22.6 Å². The van der Waals surface area contributed by atoms with E-state index in [1.807, 2.05) is 0 Å². The lowest BCUT2D eigenvalue weighted by atomic mass is 10.2. The Kier molecular flexibility index (Phi) is 3.29. The molecule has 0 saturated heterocycles. The van der Waals surface area contributed by atoms with Crippen molar-refractivity contribution in [3.05, 3.63) is 26.8 Å². The zero-order valence-electron chi connectivity index (χ0n) is 6.47. The number of rotatable bonds is 2. The van der Waals surface area contributed by atoms with E-state index in [4.69, 9.17) is 5.11 Å². The van der Waals surface area contributed by atoms with Gasteiger partial charge in [0, 0.05) is 6.07 Å². The van der Waals surface area contributed by atoms with Crippen molar-refractivity contribution >= 4 is 28.6 Å². The summed E-state index contributed by atoms with van der Waals surface area (Å²) in [6.07, 6.45) is -3.11. The highest BCUT2D eigenvalue weighted by Gasteiger charge is 2.24. The van der Waals surface area contributed by atoms with Gasteiger partial charge in [0.25, 0.3) is 6.43 Å². The Bertz CT molecular complexity index is 383. The second-order valence-electron chi connectivity index (χ2n) is 2.29. The minimum absolute atomic E-state index is 0.0135. The van der Waals surface area contributed by atoms with E-state index in [1.54, 1.807) is 0 Å². The predicted octanol–water partition coefficient (Wildman–Crippen LogP) is 2.46. The Morgan fingerprint density at radius 3 is 2.57 bits per heavy atom. The van der Waals surface area contributed by atoms with Crippen LogP contribution in [0.25, 0.3) is 0 Å². The largest absolute Gasteiger partial charge is 0.478 e. The van der Waals surface area contributed by atoms with Gasteiger partial charge in [0.1, 0.15) is 20.8 Å². The molecule has 0 spiro atoms. The lowest BCUT2D eigenvalue weighted by Gasteiger charge is -2.05. The second-order valence-corrected chi connectivity index (χ2v) is 3.40. The van der Waals surface area contributed by atoms with Crippen molar-refractivity contribution in [2.75, 3.05) is 0 Å². The van der Waals surface area contributed by atoms with Gasteiger partial charge in [-0.3, -0.25) is 0 Å². The quantitative estimate of drug-likeness (QED) is 0.673. The first-order valence-corrected chi connectivity index (χ1v) is 4.38. The number of hydrogen-bond donors (Lipinski definition) is 1. The predicted molar refractivity (Wildman–Crippen MR) is 48.8 cm³/mol. The van der Waals surface area contributed by atoms with E-state index in [-0.39, 0.29) is 3.70 Å². The molecule has 1 N–H and O–H groups in total. The van der Waals surface area contributed by atoms with Crippen LogP contribution in [0.3, 0.4) is 0 Å². The van der Waals surface area contributed by atoms with E-state index in [0.717, 1.165) is 6.07 Å². The highest BCUT2D eigenvalue weighted by molar-refractivity contribution is 14.1. The summed E-state index contributed by atoms with van der Waals surface area (Å²) >= 11 is 1.53. The molecule has 1 aromatic heterocycles. The molecular formula is C7H3F3INO2. The van der Waals surface area contributed by atoms with Crippen molar-refractivity contribution in [2.24, 2.45) is 0 Å². The Balaban J connectivity index is 3.44. The van der Waals surface area contributed by atoms with Crippen LogP contribution in [0.1, 0.15) is 22.5 Å². The molecule has 0 saturated carbocycles. The molecule has 0 aliphatic heterocycles. The molecule has 0 bridgehead atoms. The van der Waals surface area contributed by atoms with Gasteiger partial charge >= 0.3 is 5.97 Å². The van der Waals surface area contributed by atoms with E-state index in [9.17, 15) is 18.0 Å². The maximum absolute atomic E-state index is 13.0. The van der Waals surface area contributed by atoms with E-state index >= 15 is 0 Å². The highest BCUT2D eigenvalue weighted by Crippen LogP contribution is 2.24. The maximum atomic E-state index is 13.0. The lowest BCUT2D eigenvalue weighted by molar-refractivity contribution is 0.0676. The fraction of sp³-hybridized carbons (Fsp3) is 0.143. The molecule has 1 heterocycles. The lowest BCUT2D eigenvalue weighted by Crippen LogP contribution is -2.09. The number of carbonyl (C=O) groups is 1. The molecule has 0 amide bonds. The van der Waals surface area contributed by atoms with E-state index < -0.39 is 29.5 Å². The number of carboxylic acids is 1. The molecule has 0 aromatic carbocycles. The van der Waals surface area contributed by atoms with Crippen molar-refractivity contribution in [1.82, 2.24) is 4.98 Å². The third kappa shape index (κ3) is 2.14. The first-order valence-electron chi connectivity index (χ1n) is 3.31. The van der Waals surface area contributed by atoms with Crippen LogP contribution in [0.4, 0.5) is 13.2 Å². The Morgan fingerprint density at radius 1 is 1.57 bits per heavy atom. The molecule has 1 rings (SSSR count). The summed E-state index contributed by atoms with van der Waals surface area (Å²) in [6.45, 7) is 0. The maximum Gasteiger partial charge on any atom is 0.340 e. The number of halogens is 4. The molecule has 0 aliphatic carbocycles. The number of aromatic carboxylic acids is 1. The van der Waals surface area contributed by atoms with Crippen molar-refractivity contribution < 1.29 is 23.1 Å². The zero-order chi connectivity index (χ0) is 10.9. The molecular weight excluding hydrogens is 314 g/mol. The van der Waals surface area contributed by atoms with Gasteiger partial charge in [0.05, 0.1) is 0 Å². The minimum atomic E-state index is -3.11. The van der Waals surface area contributed by atoms with Gasteiger partial charge in [0.2, 0.25) is 0 Å². The van der Waals surface area contributed by atoms with Crippen molar-refractivity contribution in [3.8, 4) is 0 Å². The van der Waals surface area contributed by atoms with Crippen LogP contribution in [-0.4, -0.2) is 16.1 Å². The van der Waals surface area contributed by atoms with Gasteiger partial charge in [0.15, 0.2) is 0 Å². The minimum Gasteiger partial charge on any atom is -0.478 e. The van der Waals surface area contributed by atoms with Crippen molar-refractivity contribution in [3.63, 3.8) is 0 Å². The summed E-state index contributed by atoms with van der Waals surface area (Å²) in [7, 11) is 0. The fourth-order valence-electron chi connectivity index (χ4n) is 0.872. The standard InChI is InChI=1S/C7H3F3INO2/c8-2-1-3(11)12-5(6(9)10)4(2)7(13)14/h1,6H,(H,13,14). The van der Waals surface area contributed by atoms with E-state index in [2.05, 4.69) is 4.98 Å². The molecule has 1 aromatic rings.